The van der Waals surface area contributed by atoms with Gasteiger partial charge in [0, 0.05) is 17.5 Å². The summed E-state index contributed by atoms with van der Waals surface area (Å²) in [6, 6.07) is 4.55. The number of rotatable bonds is 6. The molecule has 1 saturated carbocycles. The summed E-state index contributed by atoms with van der Waals surface area (Å²) in [6.45, 7) is 2.12. The van der Waals surface area contributed by atoms with E-state index in [2.05, 4.69) is 12.2 Å². The molecule has 22 heavy (non-hydrogen) atoms. The third kappa shape index (κ3) is 3.92. The van der Waals surface area contributed by atoms with E-state index in [1.165, 1.54) is 6.07 Å². The lowest BCUT2D eigenvalue weighted by Gasteiger charge is -2.15. The van der Waals surface area contributed by atoms with Crippen LogP contribution in [0.3, 0.4) is 0 Å². The average molecular weight is 344 g/mol. The normalized spacial score (nSPS) is 21.7. The zero-order valence-corrected chi connectivity index (χ0v) is 14.2. The van der Waals surface area contributed by atoms with Crippen molar-refractivity contribution in [2.24, 2.45) is 0 Å². The quantitative estimate of drug-likeness (QED) is 0.630. The minimum absolute atomic E-state index is 0.151. The summed E-state index contributed by atoms with van der Waals surface area (Å²) in [5.41, 5.74) is -0.0586. The van der Waals surface area contributed by atoms with Gasteiger partial charge < -0.3 is 5.32 Å². The van der Waals surface area contributed by atoms with E-state index < -0.39 is 14.8 Å². The maximum atomic E-state index is 11.7. The van der Waals surface area contributed by atoms with E-state index in [0.717, 1.165) is 31.3 Å². The molecule has 6 nitrogen and oxygen atoms in total. The third-order valence-electron chi connectivity index (χ3n) is 3.73. The van der Waals surface area contributed by atoms with E-state index in [1.54, 1.807) is 12.1 Å². The Hall–Kier alpha value is -1.28. The molecule has 2 rings (SSSR count). The van der Waals surface area contributed by atoms with Gasteiger partial charge in [0.2, 0.25) is 0 Å². The van der Waals surface area contributed by atoms with Crippen LogP contribution in [0, 0.1) is 10.1 Å². The Balaban J connectivity index is 2.27. The van der Waals surface area contributed by atoms with E-state index in [-0.39, 0.29) is 16.6 Å². The smallest absolute Gasteiger partial charge is 0.310 e. The van der Waals surface area contributed by atoms with Crippen molar-refractivity contribution in [3.63, 3.8) is 0 Å². The Morgan fingerprint density at radius 3 is 2.73 bits per heavy atom. The molecule has 122 valence electrons. The molecule has 0 heterocycles. The number of nitro benzene ring substituents is 1. The van der Waals surface area contributed by atoms with Gasteiger partial charge in [-0.25, -0.2) is 8.42 Å². The van der Waals surface area contributed by atoms with Gasteiger partial charge in [0.1, 0.15) is 10.6 Å². The molecule has 1 aliphatic carbocycles. The van der Waals surface area contributed by atoms with Crippen LogP contribution in [-0.4, -0.2) is 36.6 Å². The van der Waals surface area contributed by atoms with Crippen LogP contribution in [0.2, 0.25) is 0 Å². The molecule has 0 aliphatic heterocycles. The first kappa shape index (κ1) is 17.1. The molecule has 1 aliphatic rings. The highest BCUT2D eigenvalue weighted by molar-refractivity contribution is 7.99. The van der Waals surface area contributed by atoms with E-state index in [0.29, 0.717) is 10.9 Å². The fourth-order valence-electron chi connectivity index (χ4n) is 2.80. The van der Waals surface area contributed by atoms with Crippen molar-refractivity contribution in [1.29, 1.82) is 0 Å². The van der Waals surface area contributed by atoms with Crippen LogP contribution in [0.25, 0.3) is 0 Å². The summed E-state index contributed by atoms with van der Waals surface area (Å²) in [5, 5.41) is 15.1. The predicted molar refractivity (Wildman–Crippen MR) is 89.4 cm³/mol. The number of nitrogens with one attached hydrogen (secondary N) is 1. The fraction of sp³-hybridized carbons (Fsp3) is 0.571. The number of thioether (sulfide) groups is 1. The van der Waals surface area contributed by atoms with Gasteiger partial charge in [-0.3, -0.25) is 10.1 Å². The Labute approximate surface area is 134 Å². The topological polar surface area (TPSA) is 89.3 Å². The predicted octanol–water partition coefficient (Wildman–Crippen LogP) is 3.08. The second kappa shape index (κ2) is 6.87. The molecule has 0 radical (unpaired) electrons. The van der Waals surface area contributed by atoms with Gasteiger partial charge in [0.25, 0.3) is 0 Å². The Morgan fingerprint density at radius 1 is 1.41 bits per heavy atom. The number of hydrogen-bond acceptors (Lipinski definition) is 6. The van der Waals surface area contributed by atoms with Crippen LogP contribution in [0.1, 0.15) is 26.2 Å². The highest BCUT2D eigenvalue weighted by atomic mass is 32.2. The number of benzene rings is 1. The Bertz CT molecular complexity index is 661. The summed E-state index contributed by atoms with van der Waals surface area (Å²) in [5.74, 6) is 1.06. The van der Waals surface area contributed by atoms with Crippen molar-refractivity contribution in [2.75, 3.05) is 17.3 Å². The average Bonchev–Trinajstić information content (AvgIpc) is 2.85. The SMILES string of the molecule is CCSC1CCC(Nc2cccc(S(C)(=O)=O)c2[N+](=O)[O-])C1. The van der Waals surface area contributed by atoms with Crippen molar-refractivity contribution in [1.82, 2.24) is 0 Å². The lowest BCUT2D eigenvalue weighted by molar-refractivity contribution is -0.386. The van der Waals surface area contributed by atoms with Gasteiger partial charge in [-0.15, -0.1) is 0 Å². The van der Waals surface area contributed by atoms with Gasteiger partial charge in [-0.2, -0.15) is 11.8 Å². The number of para-hydroxylation sites is 1. The standard InChI is InChI=1S/C14H20N2O4S2/c1-3-21-11-8-7-10(9-11)15-12-5-4-6-13(22(2,19)20)14(12)16(17)18/h4-6,10-11,15H,3,7-9H2,1-2H3. The second-order valence-electron chi connectivity index (χ2n) is 5.41. The van der Waals surface area contributed by atoms with Crippen LogP contribution < -0.4 is 5.32 Å². The molecule has 0 amide bonds. The molecule has 2 unspecified atom stereocenters. The summed E-state index contributed by atoms with van der Waals surface area (Å²) in [6.07, 6.45) is 3.95. The van der Waals surface area contributed by atoms with E-state index in [1.807, 2.05) is 11.8 Å². The zero-order chi connectivity index (χ0) is 16.3. The van der Waals surface area contributed by atoms with Gasteiger partial charge in [-0.05, 0) is 37.1 Å². The highest BCUT2D eigenvalue weighted by Crippen LogP contribution is 2.36. The number of nitrogens with zero attached hydrogens (tertiary/aromatic N) is 1. The monoisotopic (exact) mass is 344 g/mol. The van der Waals surface area contributed by atoms with Crippen LogP contribution in [0.4, 0.5) is 11.4 Å². The number of anilines is 1. The first-order chi connectivity index (χ1) is 10.3. The molecule has 0 aromatic heterocycles. The molecule has 8 heteroatoms. The number of sulfone groups is 1. The molecular weight excluding hydrogens is 324 g/mol. The van der Waals surface area contributed by atoms with Gasteiger partial charge in [0.05, 0.1) is 4.92 Å². The lowest BCUT2D eigenvalue weighted by Crippen LogP contribution is -2.17. The molecule has 0 bridgehead atoms. The maximum Gasteiger partial charge on any atom is 0.310 e. The summed E-state index contributed by atoms with van der Waals surface area (Å²) >= 11 is 1.90. The first-order valence-electron chi connectivity index (χ1n) is 7.18. The molecule has 2 atom stereocenters. The number of hydrogen-bond donors (Lipinski definition) is 1. The minimum atomic E-state index is -3.64. The maximum absolute atomic E-state index is 11.7. The first-order valence-corrected chi connectivity index (χ1v) is 10.1. The molecule has 1 fully saturated rings. The van der Waals surface area contributed by atoms with E-state index in [4.69, 9.17) is 0 Å². The summed E-state index contributed by atoms with van der Waals surface area (Å²) in [4.78, 5) is 10.5. The highest BCUT2D eigenvalue weighted by Gasteiger charge is 2.30. The van der Waals surface area contributed by atoms with Crippen molar-refractivity contribution >= 4 is 33.0 Å². The fourth-order valence-corrected chi connectivity index (χ4v) is 4.81. The zero-order valence-electron chi connectivity index (χ0n) is 12.6. The summed E-state index contributed by atoms with van der Waals surface area (Å²) in [7, 11) is -3.64. The molecule has 1 N–H and O–H groups in total. The van der Waals surface area contributed by atoms with E-state index >= 15 is 0 Å². The molecular formula is C14H20N2O4S2. The van der Waals surface area contributed by atoms with Crippen LogP contribution >= 0.6 is 11.8 Å². The minimum Gasteiger partial charge on any atom is -0.377 e. The van der Waals surface area contributed by atoms with Crippen molar-refractivity contribution in [2.45, 2.75) is 42.4 Å². The molecule has 0 saturated heterocycles. The summed E-state index contributed by atoms with van der Waals surface area (Å²) < 4.78 is 23.5. The van der Waals surface area contributed by atoms with Gasteiger partial charge >= 0.3 is 5.69 Å². The third-order valence-corrected chi connectivity index (χ3v) is 6.09. The van der Waals surface area contributed by atoms with Crippen molar-refractivity contribution in [3.05, 3.63) is 28.3 Å². The largest absolute Gasteiger partial charge is 0.377 e. The Morgan fingerprint density at radius 2 is 2.14 bits per heavy atom. The Kier molecular flexibility index (Phi) is 5.33. The van der Waals surface area contributed by atoms with E-state index in [9.17, 15) is 18.5 Å². The van der Waals surface area contributed by atoms with Crippen molar-refractivity contribution < 1.29 is 13.3 Å². The molecule has 0 spiro atoms. The van der Waals surface area contributed by atoms with Crippen molar-refractivity contribution in [3.8, 4) is 0 Å². The molecule has 1 aromatic rings. The van der Waals surface area contributed by atoms with Crippen LogP contribution in [0.5, 0.6) is 0 Å². The second-order valence-corrected chi connectivity index (χ2v) is 8.97. The van der Waals surface area contributed by atoms with Gasteiger partial charge in [0.15, 0.2) is 9.84 Å². The van der Waals surface area contributed by atoms with Crippen LogP contribution in [0.15, 0.2) is 23.1 Å². The number of nitro groups is 1. The lowest BCUT2D eigenvalue weighted by atomic mass is 10.2. The van der Waals surface area contributed by atoms with Gasteiger partial charge in [-0.1, -0.05) is 13.0 Å². The van der Waals surface area contributed by atoms with Crippen LogP contribution in [-0.2, 0) is 9.84 Å². The molecule has 1 aromatic carbocycles.